The summed E-state index contributed by atoms with van der Waals surface area (Å²) in [6, 6.07) is 19.1. The molecule has 3 aromatic rings. The Morgan fingerprint density at radius 2 is 1.28 bits per heavy atom. The van der Waals surface area contributed by atoms with Crippen LogP contribution in [0.5, 0.6) is 0 Å². The van der Waals surface area contributed by atoms with Crippen molar-refractivity contribution >= 4 is 23.3 Å². The van der Waals surface area contributed by atoms with Crippen LogP contribution in [0.2, 0.25) is 0 Å². The molecule has 1 aliphatic rings. The second-order valence-corrected chi connectivity index (χ2v) is 7.36. The molecule has 0 amide bonds. The second kappa shape index (κ2) is 6.01. The van der Waals surface area contributed by atoms with Crippen molar-refractivity contribution in [3.05, 3.63) is 94.0 Å². The zero-order valence-corrected chi connectivity index (χ0v) is 14.8. The summed E-state index contributed by atoms with van der Waals surface area (Å²) in [4.78, 5) is 27.9. The fourth-order valence-corrected chi connectivity index (χ4v) is 4.13. The summed E-state index contributed by atoms with van der Waals surface area (Å²) in [7, 11) is 0. The maximum absolute atomic E-state index is 13.1. The molecule has 0 aromatic heterocycles. The molecule has 0 radical (unpaired) electrons. The van der Waals surface area contributed by atoms with Crippen LogP contribution < -0.4 is 0 Å². The third-order valence-electron chi connectivity index (χ3n) is 4.49. The first kappa shape index (κ1) is 15.9. The van der Waals surface area contributed by atoms with E-state index in [0.717, 1.165) is 15.4 Å². The first-order chi connectivity index (χ1) is 12.1. The molecular formula is C22H16O2S. The minimum Gasteiger partial charge on any atom is -0.289 e. The Labute approximate surface area is 150 Å². The lowest BCUT2D eigenvalue weighted by Crippen LogP contribution is -2.22. The van der Waals surface area contributed by atoms with Crippen LogP contribution in [0, 0.1) is 13.8 Å². The molecule has 3 heteroatoms. The van der Waals surface area contributed by atoms with Crippen molar-refractivity contribution in [2.75, 3.05) is 0 Å². The van der Waals surface area contributed by atoms with Crippen LogP contribution in [0.25, 0.3) is 0 Å². The van der Waals surface area contributed by atoms with Gasteiger partial charge in [0.05, 0.1) is 0 Å². The van der Waals surface area contributed by atoms with Gasteiger partial charge in [-0.2, -0.15) is 0 Å². The Kier molecular flexibility index (Phi) is 3.81. The number of carbonyl (C=O) groups excluding carboxylic acids is 2. The third kappa shape index (κ3) is 2.61. The maximum atomic E-state index is 13.1. The molecule has 122 valence electrons. The molecular weight excluding hydrogens is 328 g/mol. The summed E-state index contributed by atoms with van der Waals surface area (Å²) in [5, 5.41) is 0. The van der Waals surface area contributed by atoms with Gasteiger partial charge in [0.2, 0.25) is 0 Å². The SMILES string of the molecule is Cc1ccc(Sc2ccc(C)c3c2C(=O)c2ccccc2C3=O)cc1. The van der Waals surface area contributed by atoms with E-state index in [9.17, 15) is 9.59 Å². The van der Waals surface area contributed by atoms with E-state index < -0.39 is 0 Å². The van der Waals surface area contributed by atoms with Gasteiger partial charge < -0.3 is 0 Å². The fraction of sp³-hybridized carbons (Fsp3) is 0.0909. The van der Waals surface area contributed by atoms with Gasteiger partial charge in [-0.25, -0.2) is 0 Å². The second-order valence-electron chi connectivity index (χ2n) is 6.25. The Bertz CT molecular complexity index is 1020. The summed E-state index contributed by atoms with van der Waals surface area (Å²) in [6.45, 7) is 3.93. The Hall–Kier alpha value is -2.65. The Morgan fingerprint density at radius 1 is 0.680 bits per heavy atom. The standard InChI is InChI=1S/C22H16O2S/c1-13-7-10-15(11-8-13)25-18-12-9-14(2)19-20(18)22(24)17-6-4-3-5-16(17)21(19)23/h3-12H,1-2H3. The van der Waals surface area contributed by atoms with Crippen molar-refractivity contribution in [1.29, 1.82) is 0 Å². The summed E-state index contributed by atoms with van der Waals surface area (Å²) in [5.41, 5.74) is 4.11. The molecule has 0 saturated carbocycles. The number of fused-ring (bicyclic) bond motifs is 2. The predicted molar refractivity (Wildman–Crippen MR) is 99.8 cm³/mol. The van der Waals surface area contributed by atoms with E-state index in [2.05, 4.69) is 0 Å². The van der Waals surface area contributed by atoms with Gasteiger partial charge in [0.1, 0.15) is 0 Å². The molecule has 0 aliphatic heterocycles. The van der Waals surface area contributed by atoms with Crippen molar-refractivity contribution < 1.29 is 9.59 Å². The Balaban J connectivity index is 1.88. The van der Waals surface area contributed by atoms with Crippen LogP contribution in [0.15, 0.2) is 70.5 Å². The summed E-state index contributed by atoms with van der Waals surface area (Å²) in [6.07, 6.45) is 0. The maximum Gasteiger partial charge on any atom is 0.195 e. The molecule has 0 fully saturated rings. The van der Waals surface area contributed by atoms with Crippen molar-refractivity contribution in [1.82, 2.24) is 0 Å². The molecule has 25 heavy (non-hydrogen) atoms. The largest absolute Gasteiger partial charge is 0.289 e. The van der Waals surface area contributed by atoms with E-state index in [-0.39, 0.29) is 11.6 Å². The van der Waals surface area contributed by atoms with Crippen LogP contribution in [0.4, 0.5) is 0 Å². The van der Waals surface area contributed by atoms with Crippen molar-refractivity contribution in [3.8, 4) is 0 Å². The van der Waals surface area contributed by atoms with Gasteiger partial charge in [-0.05, 0) is 37.6 Å². The van der Waals surface area contributed by atoms with E-state index in [1.807, 2.05) is 50.2 Å². The highest BCUT2D eigenvalue weighted by Crippen LogP contribution is 2.38. The lowest BCUT2D eigenvalue weighted by Gasteiger charge is -2.21. The fourth-order valence-electron chi connectivity index (χ4n) is 3.17. The number of carbonyl (C=O) groups is 2. The monoisotopic (exact) mass is 344 g/mol. The van der Waals surface area contributed by atoms with Crippen molar-refractivity contribution in [3.63, 3.8) is 0 Å². The first-order valence-electron chi connectivity index (χ1n) is 8.13. The van der Waals surface area contributed by atoms with Gasteiger partial charge in [-0.15, -0.1) is 0 Å². The number of ketones is 2. The molecule has 4 rings (SSSR count). The number of aryl methyl sites for hydroxylation is 2. The first-order valence-corrected chi connectivity index (χ1v) is 8.94. The number of hydrogen-bond donors (Lipinski definition) is 0. The lowest BCUT2D eigenvalue weighted by molar-refractivity contribution is 0.0976. The zero-order valence-electron chi connectivity index (χ0n) is 14.0. The summed E-state index contributed by atoms with van der Waals surface area (Å²) in [5.74, 6) is -0.127. The van der Waals surface area contributed by atoms with E-state index in [1.54, 1.807) is 24.3 Å². The predicted octanol–water partition coefficient (Wildman–Crippen LogP) is 5.23. The Morgan fingerprint density at radius 3 is 1.92 bits per heavy atom. The summed E-state index contributed by atoms with van der Waals surface area (Å²) >= 11 is 1.53. The zero-order chi connectivity index (χ0) is 17.6. The minimum atomic E-state index is -0.0662. The van der Waals surface area contributed by atoms with Gasteiger partial charge in [-0.3, -0.25) is 9.59 Å². The highest BCUT2D eigenvalue weighted by Gasteiger charge is 2.32. The molecule has 0 heterocycles. The van der Waals surface area contributed by atoms with Crippen LogP contribution >= 0.6 is 11.8 Å². The molecule has 0 bridgehead atoms. The van der Waals surface area contributed by atoms with Crippen molar-refractivity contribution in [2.24, 2.45) is 0 Å². The third-order valence-corrected chi connectivity index (χ3v) is 5.56. The number of rotatable bonds is 2. The normalized spacial score (nSPS) is 12.7. The van der Waals surface area contributed by atoms with Gasteiger partial charge in [0.25, 0.3) is 0 Å². The van der Waals surface area contributed by atoms with E-state index >= 15 is 0 Å². The van der Waals surface area contributed by atoms with E-state index in [0.29, 0.717) is 22.3 Å². The summed E-state index contributed by atoms with van der Waals surface area (Å²) < 4.78 is 0. The number of hydrogen-bond acceptors (Lipinski definition) is 3. The number of benzene rings is 3. The van der Waals surface area contributed by atoms with Crippen LogP contribution in [-0.4, -0.2) is 11.6 Å². The van der Waals surface area contributed by atoms with Gasteiger partial charge in [0.15, 0.2) is 11.6 Å². The molecule has 0 saturated heterocycles. The average Bonchev–Trinajstić information content (AvgIpc) is 2.63. The van der Waals surface area contributed by atoms with E-state index in [1.165, 1.54) is 17.3 Å². The smallest absolute Gasteiger partial charge is 0.195 e. The lowest BCUT2D eigenvalue weighted by atomic mass is 9.82. The molecule has 3 aromatic carbocycles. The molecule has 0 atom stereocenters. The highest BCUT2D eigenvalue weighted by atomic mass is 32.2. The molecule has 0 unspecified atom stereocenters. The van der Waals surface area contributed by atoms with Crippen LogP contribution in [-0.2, 0) is 0 Å². The molecule has 0 spiro atoms. The van der Waals surface area contributed by atoms with Crippen LogP contribution in [0.1, 0.15) is 43.0 Å². The van der Waals surface area contributed by atoms with Crippen molar-refractivity contribution in [2.45, 2.75) is 23.6 Å². The van der Waals surface area contributed by atoms with Crippen LogP contribution in [0.3, 0.4) is 0 Å². The molecule has 0 N–H and O–H groups in total. The van der Waals surface area contributed by atoms with Gasteiger partial charge in [0, 0.05) is 32.0 Å². The van der Waals surface area contributed by atoms with Gasteiger partial charge in [-0.1, -0.05) is 59.8 Å². The topological polar surface area (TPSA) is 34.1 Å². The minimum absolute atomic E-state index is 0.0611. The molecule has 2 nitrogen and oxygen atoms in total. The quantitative estimate of drug-likeness (QED) is 0.499. The average molecular weight is 344 g/mol. The van der Waals surface area contributed by atoms with Gasteiger partial charge >= 0.3 is 0 Å². The highest BCUT2D eigenvalue weighted by molar-refractivity contribution is 7.99. The molecule has 1 aliphatic carbocycles. The van der Waals surface area contributed by atoms with E-state index in [4.69, 9.17) is 0 Å².